The molecule has 0 aromatic rings. The lowest BCUT2D eigenvalue weighted by Gasteiger charge is -2.41. The van der Waals surface area contributed by atoms with E-state index in [1.54, 1.807) is 0 Å². The minimum absolute atomic E-state index is 0.0713. The zero-order chi connectivity index (χ0) is 47.8. The van der Waals surface area contributed by atoms with Crippen LogP contribution in [0.1, 0.15) is 245 Å². The minimum Gasteiger partial charge on any atom is -0.462 e. The van der Waals surface area contributed by atoms with Gasteiger partial charge in [0, 0.05) is 12.8 Å². The van der Waals surface area contributed by atoms with Crippen LogP contribution in [-0.4, -0.2) is 98.3 Å². The van der Waals surface area contributed by atoms with Crippen molar-refractivity contribution in [3.8, 4) is 0 Å². The zero-order valence-electron chi connectivity index (χ0n) is 41.1. The molecule has 0 saturated heterocycles. The van der Waals surface area contributed by atoms with E-state index in [2.05, 4.69) is 26.0 Å². The van der Waals surface area contributed by atoms with Gasteiger partial charge in [-0.1, -0.05) is 206 Å². The Balaban J connectivity index is 2.36. The van der Waals surface area contributed by atoms with Crippen LogP contribution in [-0.2, 0) is 32.7 Å². The van der Waals surface area contributed by atoms with Gasteiger partial charge in [0.2, 0.25) is 0 Å². The molecule has 8 atom stereocenters. The fourth-order valence-electron chi connectivity index (χ4n) is 8.34. The SMILES string of the molecule is CCCCCCCCCCC/C=C/CCCCC(=O)O[C@@H](COC(=O)CCCCCCCCCCCCCCCCCCCCCCC)COP(=O)(O)OC1C(O)C(O)C(O)[C@H](O)C1O. The maximum atomic E-state index is 12.8. The fraction of sp³-hybridized carbons (Fsp3) is 0.922. The molecule has 0 bridgehead atoms. The molecule has 1 fully saturated rings. The maximum Gasteiger partial charge on any atom is 0.472 e. The summed E-state index contributed by atoms with van der Waals surface area (Å²) in [4.78, 5) is 35.8. The molecule has 0 spiro atoms. The predicted molar refractivity (Wildman–Crippen MR) is 258 cm³/mol. The van der Waals surface area contributed by atoms with E-state index in [1.807, 2.05) is 0 Å². The van der Waals surface area contributed by atoms with Crippen LogP contribution in [0.25, 0.3) is 0 Å². The predicted octanol–water partition coefficient (Wildman–Crippen LogP) is 11.4. The van der Waals surface area contributed by atoms with E-state index < -0.39 is 75.7 Å². The molecule has 0 amide bonds. The standard InChI is InChI=1S/C51H97O13P/c1-3-5-7-9-11-13-15-17-19-20-21-22-23-24-26-27-29-31-33-35-37-39-44(52)61-41-43(42-62-65(59,60)64-51-49(57)47(55)46(54)48(56)50(51)58)63-45(53)40-38-36-34-32-30-28-25-18-16-14-12-10-8-6-4-2/h30,32,43,46-51,54-58H,3-29,31,33-42H2,1-2H3,(H,59,60)/b32-30+/t43-,46?,47-,48?,49?,50?,51?/m0/s1. The summed E-state index contributed by atoms with van der Waals surface area (Å²) in [7, 11) is -5.12. The number of ether oxygens (including phenoxy) is 2. The van der Waals surface area contributed by atoms with Crippen molar-refractivity contribution >= 4 is 19.8 Å². The molecule has 0 radical (unpaired) electrons. The third-order valence-corrected chi connectivity index (χ3v) is 13.6. The molecule has 0 aromatic carbocycles. The summed E-state index contributed by atoms with van der Waals surface area (Å²) in [5.74, 6) is -1.11. The number of esters is 2. The molecular formula is C51H97O13P. The minimum atomic E-state index is -5.12. The van der Waals surface area contributed by atoms with Gasteiger partial charge in [0.25, 0.3) is 0 Å². The van der Waals surface area contributed by atoms with Crippen LogP contribution in [0, 0.1) is 0 Å². The van der Waals surface area contributed by atoms with Gasteiger partial charge in [0.05, 0.1) is 6.61 Å². The molecule has 0 aromatic heterocycles. The Labute approximate surface area is 394 Å². The molecule has 6 N–H and O–H groups in total. The molecular weight excluding hydrogens is 852 g/mol. The van der Waals surface area contributed by atoms with Crippen molar-refractivity contribution in [1.29, 1.82) is 0 Å². The van der Waals surface area contributed by atoms with Crippen molar-refractivity contribution in [1.82, 2.24) is 0 Å². The van der Waals surface area contributed by atoms with Crippen LogP contribution in [0.2, 0.25) is 0 Å². The summed E-state index contributed by atoms with van der Waals surface area (Å²) in [6.07, 6.45) is 32.7. The first-order valence-electron chi connectivity index (χ1n) is 26.5. The molecule has 1 saturated carbocycles. The van der Waals surface area contributed by atoms with Crippen LogP contribution < -0.4 is 0 Å². The van der Waals surface area contributed by atoms with Gasteiger partial charge >= 0.3 is 19.8 Å². The van der Waals surface area contributed by atoms with E-state index in [1.165, 1.54) is 167 Å². The number of carbonyl (C=O) groups excluding carboxylic acids is 2. The van der Waals surface area contributed by atoms with Gasteiger partial charge in [-0.25, -0.2) is 4.57 Å². The molecule has 14 heteroatoms. The number of phosphoric acid groups is 1. The van der Waals surface area contributed by atoms with E-state index in [9.17, 15) is 44.6 Å². The van der Waals surface area contributed by atoms with Gasteiger partial charge < -0.3 is 39.9 Å². The summed E-state index contributed by atoms with van der Waals surface area (Å²) < 4.78 is 33.6. The zero-order valence-corrected chi connectivity index (χ0v) is 41.9. The Morgan fingerprint density at radius 3 is 1.20 bits per heavy atom. The van der Waals surface area contributed by atoms with Crippen molar-refractivity contribution in [3.05, 3.63) is 12.2 Å². The average molecular weight is 949 g/mol. The van der Waals surface area contributed by atoms with E-state index in [0.29, 0.717) is 12.8 Å². The number of aliphatic hydroxyl groups is 5. The molecule has 0 aliphatic heterocycles. The van der Waals surface area contributed by atoms with Gasteiger partial charge in [-0.15, -0.1) is 0 Å². The van der Waals surface area contributed by atoms with Gasteiger partial charge in [-0.05, 0) is 38.5 Å². The number of allylic oxidation sites excluding steroid dienone is 2. The van der Waals surface area contributed by atoms with Crippen molar-refractivity contribution in [2.24, 2.45) is 0 Å². The molecule has 384 valence electrons. The number of carbonyl (C=O) groups is 2. The maximum absolute atomic E-state index is 12.8. The van der Waals surface area contributed by atoms with Gasteiger partial charge in [-0.2, -0.15) is 0 Å². The Kier molecular flexibility index (Phi) is 39.4. The van der Waals surface area contributed by atoms with Gasteiger partial charge in [0.1, 0.15) is 43.2 Å². The summed E-state index contributed by atoms with van der Waals surface area (Å²) in [5, 5.41) is 50.3. The van der Waals surface area contributed by atoms with Crippen molar-refractivity contribution in [2.45, 2.75) is 288 Å². The molecule has 65 heavy (non-hydrogen) atoms. The van der Waals surface area contributed by atoms with Gasteiger partial charge in [-0.3, -0.25) is 18.6 Å². The van der Waals surface area contributed by atoms with E-state index in [0.717, 1.165) is 38.5 Å². The highest BCUT2D eigenvalue weighted by molar-refractivity contribution is 7.47. The first-order valence-corrected chi connectivity index (χ1v) is 28.0. The van der Waals surface area contributed by atoms with E-state index >= 15 is 0 Å². The lowest BCUT2D eigenvalue weighted by molar-refractivity contribution is -0.220. The molecule has 13 nitrogen and oxygen atoms in total. The molecule has 1 aliphatic rings. The van der Waals surface area contributed by atoms with Crippen molar-refractivity contribution in [2.75, 3.05) is 13.2 Å². The second kappa shape index (κ2) is 41.6. The largest absolute Gasteiger partial charge is 0.472 e. The summed E-state index contributed by atoms with van der Waals surface area (Å²) in [6, 6.07) is 0. The third-order valence-electron chi connectivity index (χ3n) is 12.6. The van der Waals surface area contributed by atoms with Crippen LogP contribution in [0.15, 0.2) is 12.2 Å². The second-order valence-electron chi connectivity index (χ2n) is 18.7. The van der Waals surface area contributed by atoms with E-state index in [4.69, 9.17) is 18.5 Å². The van der Waals surface area contributed by atoms with Crippen LogP contribution in [0.5, 0.6) is 0 Å². The van der Waals surface area contributed by atoms with Crippen molar-refractivity contribution < 1.29 is 63.1 Å². The Morgan fingerprint density at radius 2 is 0.785 bits per heavy atom. The number of unbranched alkanes of at least 4 members (excludes halogenated alkanes) is 31. The summed E-state index contributed by atoms with van der Waals surface area (Å²) >= 11 is 0. The monoisotopic (exact) mass is 949 g/mol. The fourth-order valence-corrected chi connectivity index (χ4v) is 9.32. The number of aliphatic hydroxyl groups excluding tert-OH is 5. The molecule has 1 rings (SSSR count). The molecule has 6 unspecified atom stereocenters. The first kappa shape index (κ1) is 61.6. The molecule has 1 aliphatic carbocycles. The third kappa shape index (κ3) is 33.7. The first-order chi connectivity index (χ1) is 31.4. The van der Waals surface area contributed by atoms with E-state index in [-0.39, 0.29) is 12.8 Å². The average Bonchev–Trinajstić information content (AvgIpc) is 3.29. The number of rotatable bonds is 45. The van der Waals surface area contributed by atoms with Gasteiger partial charge in [0.15, 0.2) is 6.10 Å². The quantitative estimate of drug-likeness (QED) is 0.0145. The second-order valence-corrected chi connectivity index (χ2v) is 20.1. The Bertz CT molecular complexity index is 1190. The van der Waals surface area contributed by atoms with Crippen LogP contribution in [0.4, 0.5) is 0 Å². The lowest BCUT2D eigenvalue weighted by Crippen LogP contribution is -2.64. The number of hydrogen-bond donors (Lipinski definition) is 6. The van der Waals surface area contributed by atoms with Crippen molar-refractivity contribution in [3.63, 3.8) is 0 Å². The molecule has 0 heterocycles. The van der Waals surface area contributed by atoms with Crippen LogP contribution in [0.3, 0.4) is 0 Å². The van der Waals surface area contributed by atoms with Crippen LogP contribution >= 0.6 is 7.82 Å². The topological polar surface area (TPSA) is 210 Å². The summed E-state index contributed by atoms with van der Waals surface area (Å²) in [6.45, 7) is 3.33. The normalized spacial score (nSPS) is 21.4. The number of hydrogen-bond acceptors (Lipinski definition) is 12. The highest BCUT2D eigenvalue weighted by Gasteiger charge is 2.51. The Hall–Kier alpha value is -1.41. The highest BCUT2D eigenvalue weighted by Crippen LogP contribution is 2.47. The number of phosphoric ester groups is 1. The summed E-state index contributed by atoms with van der Waals surface area (Å²) in [5.41, 5.74) is 0. The highest BCUT2D eigenvalue weighted by atomic mass is 31.2. The Morgan fingerprint density at radius 1 is 0.462 bits per heavy atom. The smallest absolute Gasteiger partial charge is 0.462 e. The lowest BCUT2D eigenvalue weighted by atomic mass is 9.85.